The van der Waals surface area contributed by atoms with Gasteiger partial charge in [0, 0.05) is 12.6 Å². The largest absolute Gasteiger partial charge is 0.476 e. The predicted octanol–water partition coefficient (Wildman–Crippen LogP) is 0.322. The Morgan fingerprint density at radius 1 is 1.44 bits per heavy atom. The van der Waals surface area contributed by atoms with E-state index in [1.165, 1.54) is 0 Å². The van der Waals surface area contributed by atoms with Gasteiger partial charge in [-0.05, 0) is 0 Å². The maximum absolute atomic E-state index is 10.2. The molecule has 0 fully saturated rings. The summed E-state index contributed by atoms with van der Waals surface area (Å²) in [6, 6.07) is 0. The summed E-state index contributed by atoms with van der Waals surface area (Å²) in [4.78, 5) is 19.9. The highest BCUT2D eigenvalue weighted by Gasteiger charge is 2.09. The molecule has 0 saturated carbocycles. The summed E-state index contributed by atoms with van der Waals surface area (Å²) >= 11 is 0. The molecule has 0 aliphatic heterocycles. The molecule has 0 saturated heterocycles. The highest BCUT2D eigenvalue weighted by molar-refractivity contribution is 7.23. The molecule has 9 heavy (non-hydrogen) atoms. The molecule has 0 amide bonds. The second-order valence-corrected chi connectivity index (χ2v) is 2.04. The number of carbonyl (C=O) groups excluding carboxylic acids is 1. The van der Waals surface area contributed by atoms with Crippen LogP contribution in [-0.4, -0.2) is 23.0 Å². The van der Waals surface area contributed by atoms with E-state index in [9.17, 15) is 14.2 Å². The lowest BCUT2D eigenvalue weighted by Crippen LogP contribution is -2.12. The van der Waals surface area contributed by atoms with Crippen LogP contribution >= 0.6 is 8.46 Å². The van der Waals surface area contributed by atoms with Crippen molar-refractivity contribution in [3.63, 3.8) is 0 Å². The average molecular weight is 148 g/mol. The molecule has 50 valence electrons. The Kier molecular flexibility index (Phi) is 3.80. The van der Waals surface area contributed by atoms with Crippen molar-refractivity contribution in [2.75, 3.05) is 6.16 Å². The Balaban J connectivity index is 3.51. The van der Waals surface area contributed by atoms with E-state index in [4.69, 9.17) is 5.11 Å². The summed E-state index contributed by atoms with van der Waals surface area (Å²) in [5, 5.41) is 7.95. The van der Waals surface area contributed by atoms with Crippen LogP contribution in [0.1, 0.15) is 6.42 Å². The van der Waals surface area contributed by atoms with Gasteiger partial charge in [0.15, 0.2) is 8.46 Å². The Labute approximate surface area is 53.1 Å². The summed E-state index contributed by atoms with van der Waals surface area (Å²) < 4.78 is 9.68. The molecule has 1 N–H and O–H groups in total. The number of hydrogen-bond donors (Lipinski definition) is 1. The first-order valence-electron chi connectivity index (χ1n) is 2.23. The number of rotatable bonds is 4. The van der Waals surface area contributed by atoms with Crippen LogP contribution in [0.15, 0.2) is 0 Å². The Morgan fingerprint density at radius 3 is 2.33 bits per heavy atom. The number of Topliss-reactive ketones (excluding diaryl/α,β-unsaturated/α-hetero) is 1. The monoisotopic (exact) mass is 148 g/mol. The third-order valence-corrected chi connectivity index (χ3v) is 1.07. The van der Waals surface area contributed by atoms with Gasteiger partial charge in [0.1, 0.15) is 0 Å². The van der Waals surface area contributed by atoms with E-state index in [-0.39, 0.29) is 21.0 Å². The van der Waals surface area contributed by atoms with Crippen LogP contribution in [0, 0.1) is 0 Å². The van der Waals surface area contributed by atoms with Crippen LogP contribution < -0.4 is 0 Å². The van der Waals surface area contributed by atoms with Gasteiger partial charge in [-0.15, -0.1) is 0 Å². The second kappa shape index (κ2) is 4.15. The molecule has 0 aromatic carbocycles. The van der Waals surface area contributed by atoms with Crippen molar-refractivity contribution in [3.8, 4) is 0 Å². The topological polar surface area (TPSA) is 71.4 Å². The fourth-order valence-corrected chi connectivity index (χ4v) is 0.548. The molecule has 0 aliphatic rings. The van der Waals surface area contributed by atoms with Crippen molar-refractivity contribution < 1.29 is 19.3 Å². The van der Waals surface area contributed by atoms with Gasteiger partial charge in [-0.3, -0.25) is 9.36 Å². The van der Waals surface area contributed by atoms with Crippen molar-refractivity contribution >= 4 is 20.2 Å². The minimum atomic E-state index is -1.46. The predicted molar refractivity (Wildman–Crippen MR) is 29.7 cm³/mol. The SMILES string of the molecule is O=PCCC(=O)C(=O)O. The van der Waals surface area contributed by atoms with Gasteiger partial charge < -0.3 is 5.11 Å². The minimum Gasteiger partial charge on any atom is -0.476 e. The third kappa shape index (κ3) is 3.79. The molecule has 0 spiro atoms. The van der Waals surface area contributed by atoms with Crippen LogP contribution in [-0.2, 0) is 14.2 Å². The van der Waals surface area contributed by atoms with Gasteiger partial charge in [0.2, 0.25) is 5.78 Å². The maximum atomic E-state index is 10.2. The van der Waals surface area contributed by atoms with Crippen LogP contribution in [0.25, 0.3) is 0 Å². The van der Waals surface area contributed by atoms with E-state index in [0.717, 1.165) is 0 Å². The second-order valence-electron chi connectivity index (χ2n) is 1.33. The van der Waals surface area contributed by atoms with Crippen LogP contribution in [0.4, 0.5) is 0 Å². The summed E-state index contributed by atoms with van der Waals surface area (Å²) in [5.41, 5.74) is 0. The lowest BCUT2D eigenvalue weighted by atomic mass is 10.3. The molecule has 0 atom stereocenters. The van der Waals surface area contributed by atoms with Gasteiger partial charge >= 0.3 is 5.97 Å². The van der Waals surface area contributed by atoms with Crippen molar-refractivity contribution in [1.82, 2.24) is 0 Å². The quantitative estimate of drug-likeness (QED) is 0.460. The van der Waals surface area contributed by atoms with Crippen molar-refractivity contribution in [2.45, 2.75) is 6.42 Å². The van der Waals surface area contributed by atoms with Gasteiger partial charge in [-0.25, -0.2) is 4.79 Å². The molecule has 0 aliphatic carbocycles. The van der Waals surface area contributed by atoms with Crippen LogP contribution in [0.5, 0.6) is 0 Å². The standard InChI is InChI=1S/C4H5O4P/c5-3(4(6)7)1-2-9-8/h1-2H2,(H,6,7). The summed E-state index contributed by atoms with van der Waals surface area (Å²) in [6.07, 6.45) is -0.0640. The number of carboxylic acids is 1. The molecule has 0 heterocycles. The molecule has 0 rings (SSSR count). The minimum absolute atomic E-state index is 0.0884. The van der Waals surface area contributed by atoms with Crippen molar-refractivity contribution in [1.29, 1.82) is 0 Å². The van der Waals surface area contributed by atoms with Crippen molar-refractivity contribution in [3.05, 3.63) is 0 Å². The first-order chi connectivity index (χ1) is 4.18. The zero-order valence-electron chi connectivity index (χ0n) is 4.53. The Bertz CT molecular complexity index is 142. The van der Waals surface area contributed by atoms with E-state index in [2.05, 4.69) is 0 Å². The lowest BCUT2D eigenvalue weighted by Gasteiger charge is -1.84. The number of carbonyl (C=O) groups is 2. The number of ketones is 1. The Hall–Kier alpha value is -0.760. The molecule has 0 unspecified atom stereocenters. The number of hydrogen-bond acceptors (Lipinski definition) is 3. The first-order valence-corrected chi connectivity index (χ1v) is 3.23. The zero-order chi connectivity index (χ0) is 7.28. The van der Waals surface area contributed by atoms with Crippen LogP contribution in [0.2, 0.25) is 0 Å². The highest BCUT2D eigenvalue weighted by Crippen LogP contribution is 1.95. The van der Waals surface area contributed by atoms with Gasteiger partial charge in [-0.1, -0.05) is 0 Å². The number of aliphatic carboxylic acids is 1. The lowest BCUT2D eigenvalue weighted by molar-refractivity contribution is -0.148. The summed E-state index contributed by atoms with van der Waals surface area (Å²) in [7, 11) is -0.189. The van der Waals surface area contributed by atoms with E-state index < -0.39 is 11.8 Å². The molecule has 5 heteroatoms. The fraction of sp³-hybridized carbons (Fsp3) is 0.500. The molecule has 4 nitrogen and oxygen atoms in total. The van der Waals surface area contributed by atoms with Gasteiger partial charge in [0.05, 0.1) is 0 Å². The Morgan fingerprint density at radius 2 is 2.00 bits per heavy atom. The molecule has 0 radical (unpaired) electrons. The smallest absolute Gasteiger partial charge is 0.372 e. The van der Waals surface area contributed by atoms with Gasteiger partial charge in [-0.2, -0.15) is 0 Å². The van der Waals surface area contributed by atoms with E-state index >= 15 is 0 Å². The van der Waals surface area contributed by atoms with Gasteiger partial charge in [0.25, 0.3) is 0 Å². The van der Waals surface area contributed by atoms with Crippen molar-refractivity contribution in [2.24, 2.45) is 0 Å². The average Bonchev–Trinajstić information content (AvgIpc) is 1.82. The molecule has 0 aromatic rings. The van der Waals surface area contributed by atoms with E-state index in [1.807, 2.05) is 0 Å². The molecular weight excluding hydrogens is 143 g/mol. The normalized spacial score (nSPS) is 9.33. The fourth-order valence-electron chi connectivity index (χ4n) is 0.254. The third-order valence-electron chi connectivity index (χ3n) is 0.669. The molecular formula is C4H5O4P. The summed E-state index contributed by atoms with van der Waals surface area (Å²) in [6.45, 7) is 0. The zero-order valence-corrected chi connectivity index (χ0v) is 5.43. The van der Waals surface area contributed by atoms with E-state index in [1.54, 1.807) is 0 Å². The highest BCUT2D eigenvalue weighted by atomic mass is 31.1. The molecule has 0 aromatic heterocycles. The summed E-state index contributed by atoms with van der Waals surface area (Å²) in [5.74, 6) is -2.35. The molecule has 0 bridgehead atoms. The van der Waals surface area contributed by atoms with Crippen LogP contribution in [0.3, 0.4) is 0 Å². The van der Waals surface area contributed by atoms with E-state index in [0.29, 0.717) is 0 Å². The number of carboxylic acid groups (broad SMARTS) is 1. The first kappa shape index (κ1) is 8.24. The maximum Gasteiger partial charge on any atom is 0.372 e.